The van der Waals surface area contributed by atoms with Gasteiger partial charge in [0, 0.05) is 40.4 Å². The molecule has 342 valence electrons. The summed E-state index contributed by atoms with van der Waals surface area (Å²) in [7, 11) is 0. The van der Waals surface area contributed by atoms with E-state index in [0.29, 0.717) is 23.7 Å². The molecule has 0 aromatic heterocycles. The molecule has 0 N–H and O–H groups in total. The molecule has 0 amide bonds. The van der Waals surface area contributed by atoms with Crippen molar-refractivity contribution in [2.45, 2.75) is 168 Å². The average Bonchev–Trinajstić information content (AvgIpc) is 3.32. The number of hydrogen-bond donors (Lipinski definition) is 0. The van der Waals surface area contributed by atoms with Crippen LogP contribution in [0.1, 0.15) is 185 Å². The highest BCUT2D eigenvalue weighted by Gasteiger charge is 2.33. The lowest BCUT2D eigenvalue weighted by atomic mass is 9.81. The minimum absolute atomic E-state index is 0.0444. The van der Waals surface area contributed by atoms with Crippen LogP contribution in [0.15, 0.2) is 133 Å². The summed E-state index contributed by atoms with van der Waals surface area (Å²) < 4.78 is 2.65. The zero-order valence-electron chi connectivity index (χ0n) is 42.1. The molecule has 0 bridgehead atoms. The molecule has 0 saturated heterocycles. The molecule has 6 aromatic carbocycles. The van der Waals surface area contributed by atoms with Gasteiger partial charge in [-0.1, -0.05) is 175 Å². The highest BCUT2D eigenvalue weighted by molar-refractivity contribution is 6.23. The smallest absolute Gasteiger partial charge is 0.227 e. The van der Waals surface area contributed by atoms with Crippen molar-refractivity contribution in [2.24, 2.45) is 5.92 Å². The van der Waals surface area contributed by atoms with Gasteiger partial charge in [0.2, 0.25) is 11.4 Å². The van der Waals surface area contributed by atoms with Crippen molar-refractivity contribution >= 4 is 55.7 Å². The summed E-state index contributed by atoms with van der Waals surface area (Å²) in [6.07, 6.45) is 21.7. The van der Waals surface area contributed by atoms with Gasteiger partial charge < -0.3 is 4.90 Å². The van der Waals surface area contributed by atoms with Crippen LogP contribution in [0.3, 0.4) is 0 Å². The standard InChI is InChI=1S/C64H77N2/c1-43(2)45-21-31-53(32-22-45)65(55-35-25-49(26-36-55)47-17-13-11-14-18-47)61-57-39-29-52(64(8,9)10)42-60(57)62(58-40-30-51(41-59(58)61)63(5,6)7)66(54-33-23-46(24-34-54)44(3)4)56-37-27-50(28-38-56)48-19-15-12-16-20-48/h21-37,39-44,47-48H,11-20,38H2,1-10H3/q+1. The van der Waals surface area contributed by atoms with Crippen molar-refractivity contribution in [1.82, 2.24) is 4.58 Å². The second kappa shape index (κ2) is 18.8. The van der Waals surface area contributed by atoms with E-state index in [1.165, 1.54) is 153 Å². The Hall–Kier alpha value is -5.21. The molecule has 2 saturated carbocycles. The number of allylic oxidation sites excluding steroid dienone is 4. The Kier molecular flexibility index (Phi) is 13.1. The molecule has 6 aromatic rings. The van der Waals surface area contributed by atoms with Gasteiger partial charge in [0.05, 0.1) is 22.9 Å². The first-order valence-corrected chi connectivity index (χ1v) is 25.8. The Morgan fingerprint density at radius 1 is 0.500 bits per heavy atom. The molecule has 2 nitrogen and oxygen atoms in total. The summed E-state index contributed by atoms with van der Waals surface area (Å²) in [4.78, 5) is 2.60. The minimum atomic E-state index is -0.0460. The van der Waals surface area contributed by atoms with Gasteiger partial charge in [0.25, 0.3) is 0 Å². The number of fused-ring (bicyclic) bond motifs is 2. The molecule has 9 rings (SSSR count). The van der Waals surface area contributed by atoms with Crippen molar-refractivity contribution in [2.75, 3.05) is 4.90 Å². The van der Waals surface area contributed by atoms with Crippen molar-refractivity contribution in [1.29, 1.82) is 0 Å². The maximum Gasteiger partial charge on any atom is 0.227 e. The fourth-order valence-electron chi connectivity index (χ4n) is 11.2. The highest BCUT2D eigenvalue weighted by atomic mass is 15.1. The van der Waals surface area contributed by atoms with Crippen LogP contribution in [-0.4, -0.2) is 5.71 Å². The number of anilines is 3. The maximum atomic E-state index is 2.65. The van der Waals surface area contributed by atoms with Crippen LogP contribution in [0, 0.1) is 5.92 Å². The molecule has 66 heavy (non-hydrogen) atoms. The molecule has 2 heteroatoms. The van der Waals surface area contributed by atoms with Crippen LogP contribution in [0.5, 0.6) is 0 Å². The third kappa shape index (κ3) is 9.37. The molecule has 0 aliphatic heterocycles. The van der Waals surface area contributed by atoms with E-state index in [0.717, 1.165) is 6.42 Å². The largest absolute Gasteiger partial charge is 0.309 e. The first-order chi connectivity index (χ1) is 31.7. The highest BCUT2D eigenvalue weighted by Crippen LogP contribution is 2.51. The SMILES string of the molecule is CC(C)c1ccc(N(c2ccc(C3CCCCC3)cc2)c2c3cc(C(C)(C)C)ccc3c([N+](=C3C=CC(C4CCCCC4)=CC3)c3ccc(C(C)C)cc3)c3cc(C(C)(C)C)ccc23)cc1. The molecular weight excluding hydrogens is 797 g/mol. The van der Waals surface area contributed by atoms with E-state index in [9.17, 15) is 0 Å². The van der Waals surface area contributed by atoms with Gasteiger partial charge in [-0.15, -0.1) is 0 Å². The maximum absolute atomic E-state index is 2.65. The fraction of sp³-hybridized carbons (Fsp3) is 0.422. The van der Waals surface area contributed by atoms with Crippen LogP contribution >= 0.6 is 0 Å². The molecule has 0 unspecified atom stereocenters. The second-order valence-corrected chi connectivity index (χ2v) is 22.9. The lowest BCUT2D eigenvalue weighted by molar-refractivity contribution is 0.407. The van der Waals surface area contributed by atoms with Crippen molar-refractivity contribution in [3.63, 3.8) is 0 Å². The Bertz CT molecular complexity index is 2770. The summed E-state index contributed by atoms with van der Waals surface area (Å²) in [5.41, 5.74) is 15.8. The van der Waals surface area contributed by atoms with Gasteiger partial charge in [0.1, 0.15) is 0 Å². The van der Waals surface area contributed by atoms with E-state index in [1.54, 1.807) is 0 Å². The van der Waals surface area contributed by atoms with Crippen molar-refractivity contribution in [3.05, 3.63) is 161 Å². The monoisotopic (exact) mass is 874 g/mol. The predicted molar refractivity (Wildman–Crippen MR) is 289 cm³/mol. The number of rotatable bonds is 9. The van der Waals surface area contributed by atoms with Gasteiger partial charge in [-0.3, -0.25) is 0 Å². The van der Waals surface area contributed by atoms with E-state index < -0.39 is 0 Å². The van der Waals surface area contributed by atoms with Crippen LogP contribution in [0.25, 0.3) is 21.5 Å². The van der Waals surface area contributed by atoms with E-state index in [-0.39, 0.29) is 10.8 Å². The number of benzene rings is 6. The second-order valence-electron chi connectivity index (χ2n) is 22.9. The quantitative estimate of drug-likeness (QED) is 0.104. The minimum Gasteiger partial charge on any atom is -0.309 e. The first kappa shape index (κ1) is 45.9. The van der Waals surface area contributed by atoms with Gasteiger partial charge in [-0.25, -0.2) is 0 Å². The van der Waals surface area contributed by atoms with Crippen LogP contribution in [-0.2, 0) is 10.8 Å². The first-order valence-electron chi connectivity index (χ1n) is 25.8. The lowest BCUT2D eigenvalue weighted by Crippen LogP contribution is -2.20. The topological polar surface area (TPSA) is 6.25 Å². The molecule has 0 radical (unpaired) electrons. The zero-order chi connectivity index (χ0) is 46.3. The summed E-state index contributed by atoms with van der Waals surface area (Å²) in [5, 5.41) is 5.10. The average molecular weight is 874 g/mol. The molecular formula is C64H77N2+. The Morgan fingerprint density at radius 2 is 1.00 bits per heavy atom. The molecule has 2 fully saturated rings. The fourth-order valence-corrected chi connectivity index (χ4v) is 11.2. The Morgan fingerprint density at radius 3 is 1.52 bits per heavy atom. The summed E-state index contributed by atoms with van der Waals surface area (Å²) in [5.74, 6) is 2.24. The van der Waals surface area contributed by atoms with E-state index in [1.807, 2.05) is 0 Å². The number of nitrogens with zero attached hydrogens (tertiary/aromatic N) is 2. The molecule has 3 aliphatic rings. The molecule has 0 atom stereocenters. The molecule has 0 heterocycles. The van der Waals surface area contributed by atoms with Crippen LogP contribution in [0.4, 0.5) is 28.4 Å². The Balaban J connectivity index is 1.38. The number of hydrogen-bond acceptors (Lipinski definition) is 1. The van der Waals surface area contributed by atoms with Crippen LogP contribution in [0.2, 0.25) is 0 Å². The van der Waals surface area contributed by atoms with Crippen LogP contribution < -0.4 is 9.48 Å². The summed E-state index contributed by atoms with van der Waals surface area (Å²) in [6, 6.07) is 43.5. The van der Waals surface area contributed by atoms with Gasteiger partial charge in [-0.05, 0) is 136 Å². The third-order valence-electron chi connectivity index (χ3n) is 15.5. The van der Waals surface area contributed by atoms with E-state index in [4.69, 9.17) is 0 Å². The zero-order valence-corrected chi connectivity index (χ0v) is 42.1. The van der Waals surface area contributed by atoms with E-state index in [2.05, 4.69) is 206 Å². The van der Waals surface area contributed by atoms with Gasteiger partial charge >= 0.3 is 0 Å². The predicted octanol–water partition coefficient (Wildman–Crippen LogP) is 19.1. The van der Waals surface area contributed by atoms with Gasteiger partial charge in [-0.2, -0.15) is 4.58 Å². The molecule has 0 spiro atoms. The van der Waals surface area contributed by atoms with Crippen molar-refractivity contribution < 1.29 is 0 Å². The summed E-state index contributed by atoms with van der Waals surface area (Å²) in [6.45, 7) is 23.4. The normalized spacial score (nSPS) is 17.5. The van der Waals surface area contributed by atoms with Gasteiger partial charge in [0.15, 0.2) is 5.71 Å². The lowest BCUT2D eigenvalue weighted by Gasteiger charge is -2.31. The third-order valence-corrected chi connectivity index (χ3v) is 15.5. The Labute approximate surface area is 398 Å². The summed E-state index contributed by atoms with van der Waals surface area (Å²) >= 11 is 0. The van der Waals surface area contributed by atoms with E-state index >= 15 is 0 Å². The molecule has 3 aliphatic carbocycles. The van der Waals surface area contributed by atoms with Crippen molar-refractivity contribution in [3.8, 4) is 0 Å².